The summed E-state index contributed by atoms with van der Waals surface area (Å²) >= 11 is 0. The van der Waals surface area contributed by atoms with Gasteiger partial charge in [-0.15, -0.1) is 0 Å². The van der Waals surface area contributed by atoms with Gasteiger partial charge in [0.05, 0.1) is 12.9 Å². The van der Waals surface area contributed by atoms with E-state index in [0.29, 0.717) is 18.4 Å². The molecular formula is C33H38F2O2. The Morgan fingerprint density at radius 3 is 2.05 bits per heavy atom. The fourth-order valence-corrected chi connectivity index (χ4v) is 5.12. The number of aryl methyl sites for hydroxylation is 1. The summed E-state index contributed by atoms with van der Waals surface area (Å²) in [6, 6.07) is 20.8. The molecule has 1 aliphatic rings. The first-order chi connectivity index (χ1) is 18.1. The van der Waals surface area contributed by atoms with Crippen LogP contribution in [0.5, 0.6) is 11.5 Å². The van der Waals surface area contributed by atoms with Gasteiger partial charge in [-0.25, -0.2) is 0 Å². The molecule has 0 aromatic heterocycles. The maximum Gasteiger partial charge on any atom is 0.205 e. The van der Waals surface area contributed by atoms with Gasteiger partial charge in [-0.05, 0) is 91.7 Å². The molecule has 0 aliphatic heterocycles. The van der Waals surface area contributed by atoms with Crippen LogP contribution < -0.4 is 9.47 Å². The number of unbranched alkanes of at least 4 members (excludes halogenated alkanes) is 2. The maximum atomic E-state index is 14.4. The van der Waals surface area contributed by atoms with Gasteiger partial charge in [0.15, 0.2) is 11.5 Å². The minimum absolute atomic E-state index is 0.0583. The van der Waals surface area contributed by atoms with Gasteiger partial charge in [-0.2, -0.15) is 8.78 Å². The summed E-state index contributed by atoms with van der Waals surface area (Å²) in [5.74, 6) is -1.35. The minimum Gasteiger partial charge on any atom is -0.490 e. The highest BCUT2D eigenvalue weighted by Gasteiger charge is 2.24. The van der Waals surface area contributed by atoms with Crippen LogP contribution >= 0.6 is 0 Å². The molecule has 0 amide bonds. The van der Waals surface area contributed by atoms with E-state index in [0.717, 1.165) is 32.1 Å². The van der Waals surface area contributed by atoms with Crippen molar-refractivity contribution in [1.82, 2.24) is 0 Å². The molecular weight excluding hydrogens is 466 g/mol. The van der Waals surface area contributed by atoms with E-state index in [2.05, 4.69) is 55.5 Å². The van der Waals surface area contributed by atoms with Crippen molar-refractivity contribution >= 4 is 0 Å². The van der Waals surface area contributed by atoms with E-state index in [1.807, 2.05) is 0 Å². The molecule has 3 aromatic carbocycles. The van der Waals surface area contributed by atoms with E-state index in [9.17, 15) is 8.78 Å². The summed E-state index contributed by atoms with van der Waals surface area (Å²) in [4.78, 5) is 0. The Morgan fingerprint density at radius 2 is 1.41 bits per heavy atom. The topological polar surface area (TPSA) is 18.5 Å². The molecule has 3 aromatic rings. The normalized spacial score (nSPS) is 17.7. The second kappa shape index (κ2) is 13.4. The van der Waals surface area contributed by atoms with Gasteiger partial charge in [0.2, 0.25) is 11.6 Å². The van der Waals surface area contributed by atoms with Crippen LogP contribution in [-0.4, -0.2) is 6.61 Å². The van der Waals surface area contributed by atoms with Crippen molar-refractivity contribution in [3.05, 3.63) is 95.8 Å². The molecule has 0 unspecified atom stereocenters. The Morgan fingerprint density at radius 1 is 0.784 bits per heavy atom. The van der Waals surface area contributed by atoms with Crippen LogP contribution in [-0.2, 0) is 6.42 Å². The zero-order valence-corrected chi connectivity index (χ0v) is 22.0. The summed E-state index contributed by atoms with van der Waals surface area (Å²) in [5.41, 5.74) is 5.31. The van der Waals surface area contributed by atoms with E-state index in [4.69, 9.17) is 9.47 Å². The lowest BCUT2D eigenvalue weighted by atomic mass is 9.79. The van der Waals surface area contributed by atoms with Crippen LogP contribution in [0.2, 0.25) is 0 Å². The van der Waals surface area contributed by atoms with E-state index in [1.54, 1.807) is 13.0 Å². The minimum atomic E-state index is -1.02. The number of benzene rings is 3. The number of ether oxygens (including phenoxy) is 2. The van der Waals surface area contributed by atoms with Crippen LogP contribution in [0.1, 0.15) is 75.8 Å². The van der Waals surface area contributed by atoms with Crippen molar-refractivity contribution in [3.8, 4) is 22.6 Å². The average molecular weight is 505 g/mol. The molecule has 0 spiro atoms. The molecule has 1 fully saturated rings. The molecule has 196 valence electrons. The number of rotatable bonds is 11. The third kappa shape index (κ3) is 7.21. The smallest absolute Gasteiger partial charge is 0.205 e. The molecule has 0 atom stereocenters. The van der Waals surface area contributed by atoms with Gasteiger partial charge in [0.1, 0.15) is 0 Å². The first-order valence-electron chi connectivity index (χ1n) is 13.7. The van der Waals surface area contributed by atoms with Crippen molar-refractivity contribution in [3.63, 3.8) is 0 Å². The average Bonchev–Trinajstić information content (AvgIpc) is 2.94. The van der Waals surface area contributed by atoms with Gasteiger partial charge < -0.3 is 9.47 Å². The molecule has 1 aliphatic carbocycles. The van der Waals surface area contributed by atoms with Gasteiger partial charge >= 0.3 is 0 Å². The number of hydrogen-bond acceptors (Lipinski definition) is 2. The van der Waals surface area contributed by atoms with Crippen LogP contribution in [0.4, 0.5) is 8.78 Å². The summed E-state index contributed by atoms with van der Waals surface area (Å²) in [6.07, 6.45) is 12.1. The van der Waals surface area contributed by atoms with Crippen molar-refractivity contribution in [1.29, 1.82) is 0 Å². The van der Waals surface area contributed by atoms with E-state index in [1.165, 1.54) is 59.9 Å². The Balaban J connectivity index is 1.26. The highest BCUT2D eigenvalue weighted by atomic mass is 19.2. The predicted molar refractivity (Wildman–Crippen MR) is 147 cm³/mol. The lowest BCUT2D eigenvalue weighted by Crippen LogP contribution is -2.19. The molecule has 37 heavy (non-hydrogen) atoms. The third-order valence-electron chi connectivity index (χ3n) is 7.40. The zero-order chi connectivity index (χ0) is 26.0. The highest BCUT2D eigenvalue weighted by molar-refractivity contribution is 5.64. The Labute approximate surface area is 220 Å². The zero-order valence-electron chi connectivity index (χ0n) is 22.0. The molecule has 2 nitrogen and oxygen atoms in total. The molecule has 4 rings (SSSR count). The maximum absolute atomic E-state index is 14.4. The SMILES string of the molecule is CC=COc1ccc(OCC2CCC(c3ccc(-c4ccc(CCCCC)cc4)cc3)CC2)c(F)c1F. The largest absolute Gasteiger partial charge is 0.490 e. The molecule has 4 heteroatoms. The van der Waals surface area contributed by atoms with Crippen LogP contribution in [0, 0.1) is 17.6 Å². The number of allylic oxidation sites excluding steroid dienone is 1. The fourth-order valence-electron chi connectivity index (χ4n) is 5.12. The van der Waals surface area contributed by atoms with E-state index < -0.39 is 11.6 Å². The summed E-state index contributed by atoms with van der Waals surface area (Å²) in [7, 11) is 0. The first kappa shape index (κ1) is 26.9. The Hall–Kier alpha value is -3.14. The Bertz CT molecular complexity index is 1140. The van der Waals surface area contributed by atoms with Crippen LogP contribution in [0.3, 0.4) is 0 Å². The van der Waals surface area contributed by atoms with E-state index >= 15 is 0 Å². The van der Waals surface area contributed by atoms with Gasteiger partial charge in [0, 0.05) is 0 Å². The standard InChI is InChI=1S/C33H38F2O2/c1-3-5-6-7-24-8-12-26(13-9-24)28-16-18-29(19-17-28)27-14-10-25(11-15-27)23-37-31-21-20-30(36-22-4-2)32(34)33(31)35/h4,8-9,12-13,16-22,25,27H,3,5-7,10-11,14-15,23H2,1-2H3. The molecule has 0 N–H and O–H groups in total. The van der Waals surface area contributed by atoms with Crippen LogP contribution in [0.25, 0.3) is 11.1 Å². The number of halogens is 2. The summed E-state index contributed by atoms with van der Waals surface area (Å²) in [5, 5.41) is 0. The molecule has 1 saturated carbocycles. The second-order valence-electron chi connectivity index (χ2n) is 10.1. The van der Waals surface area contributed by atoms with Gasteiger partial charge in [-0.1, -0.05) is 74.4 Å². The lowest BCUT2D eigenvalue weighted by molar-refractivity contribution is 0.192. The molecule has 0 radical (unpaired) electrons. The molecule has 0 heterocycles. The third-order valence-corrected chi connectivity index (χ3v) is 7.40. The van der Waals surface area contributed by atoms with E-state index in [-0.39, 0.29) is 11.5 Å². The first-order valence-corrected chi connectivity index (χ1v) is 13.7. The molecule has 0 bridgehead atoms. The summed E-state index contributed by atoms with van der Waals surface area (Å²) < 4.78 is 39.3. The van der Waals surface area contributed by atoms with Crippen LogP contribution in [0.15, 0.2) is 73.0 Å². The second-order valence-corrected chi connectivity index (χ2v) is 10.1. The van der Waals surface area contributed by atoms with Gasteiger partial charge in [-0.3, -0.25) is 0 Å². The fraction of sp³-hybridized carbons (Fsp3) is 0.394. The van der Waals surface area contributed by atoms with Crippen molar-refractivity contribution in [2.24, 2.45) is 5.92 Å². The number of hydrogen-bond donors (Lipinski definition) is 0. The predicted octanol–water partition coefficient (Wildman–Crippen LogP) is 9.63. The lowest BCUT2D eigenvalue weighted by Gasteiger charge is -2.29. The highest BCUT2D eigenvalue weighted by Crippen LogP contribution is 2.37. The Kier molecular flexibility index (Phi) is 9.76. The van der Waals surface area contributed by atoms with Crippen molar-refractivity contribution in [2.75, 3.05) is 6.61 Å². The summed E-state index contributed by atoms with van der Waals surface area (Å²) in [6.45, 7) is 4.37. The quantitative estimate of drug-likeness (QED) is 0.191. The molecule has 0 saturated heterocycles. The van der Waals surface area contributed by atoms with Crippen molar-refractivity contribution in [2.45, 2.75) is 71.1 Å². The monoisotopic (exact) mass is 504 g/mol. The van der Waals surface area contributed by atoms with Crippen molar-refractivity contribution < 1.29 is 18.3 Å². The van der Waals surface area contributed by atoms with Gasteiger partial charge in [0.25, 0.3) is 0 Å².